The molecule has 8 heteroatoms. The third-order valence-corrected chi connectivity index (χ3v) is 5.39. The largest absolute Gasteiger partial charge is 0.494 e. The molecule has 5 aromatic rings. The molecule has 164 valence electrons. The molecule has 0 radical (unpaired) electrons. The van der Waals surface area contributed by atoms with Crippen LogP contribution in [0.4, 0.5) is 5.82 Å². The highest BCUT2D eigenvalue weighted by Gasteiger charge is 2.18. The molecule has 0 aliphatic carbocycles. The van der Waals surface area contributed by atoms with Gasteiger partial charge in [-0.05, 0) is 43.7 Å². The van der Waals surface area contributed by atoms with Gasteiger partial charge in [0.25, 0.3) is 5.91 Å². The van der Waals surface area contributed by atoms with E-state index in [0.717, 1.165) is 10.9 Å². The number of aromatic nitrogens is 3. The zero-order valence-electron chi connectivity index (χ0n) is 18.2. The maximum Gasteiger partial charge on any atom is 0.349 e. The number of fused-ring (bicyclic) bond motifs is 2. The van der Waals surface area contributed by atoms with E-state index in [0.29, 0.717) is 39.6 Å². The van der Waals surface area contributed by atoms with E-state index in [2.05, 4.69) is 10.4 Å². The number of rotatable bonds is 4. The Hall–Kier alpha value is -4.46. The molecule has 0 saturated heterocycles. The molecular weight excluding hydrogens is 420 g/mol. The van der Waals surface area contributed by atoms with E-state index in [1.54, 1.807) is 31.4 Å². The average molecular weight is 440 g/mol. The number of carbonyl (C=O) groups is 1. The van der Waals surface area contributed by atoms with Crippen molar-refractivity contribution in [3.8, 4) is 11.6 Å². The Labute approximate surface area is 188 Å². The van der Waals surface area contributed by atoms with E-state index in [4.69, 9.17) is 14.1 Å². The molecule has 0 aliphatic heterocycles. The normalized spacial score (nSPS) is 11.1. The van der Waals surface area contributed by atoms with Crippen molar-refractivity contribution in [3.05, 3.63) is 87.9 Å². The van der Waals surface area contributed by atoms with Gasteiger partial charge in [0.15, 0.2) is 5.82 Å². The van der Waals surface area contributed by atoms with Crippen molar-refractivity contribution in [2.75, 3.05) is 12.4 Å². The van der Waals surface area contributed by atoms with Gasteiger partial charge in [-0.15, -0.1) is 0 Å². The first-order valence-corrected chi connectivity index (χ1v) is 10.3. The number of hydrogen-bond donors (Lipinski definition) is 1. The molecule has 0 atom stereocenters. The predicted molar refractivity (Wildman–Crippen MR) is 125 cm³/mol. The molecule has 1 N–H and O–H groups in total. The smallest absolute Gasteiger partial charge is 0.349 e. The fourth-order valence-electron chi connectivity index (χ4n) is 3.81. The van der Waals surface area contributed by atoms with Gasteiger partial charge < -0.3 is 14.5 Å². The minimum atomic E-state index is -0.710. The summed E-state index contributed by atoms with van der Waals surface area (Å²) in [6, 6.07) is 17.9. The molecule has 0 fully saturated rings. The highest BCUT2D eigenvalue weighted by molar-refractivity contribution is 6.05. The van der Waals surface area contributed by atoms with Crippen LogP contribution in [0.5, 0.6) is 5.75 Å². The van der Waals surface area contributed by atoms with Gasteiger partial charge >= 0.3 is 5.63 Å². The highest BCUT2D eigenvalue weighted by Crippen LogP contribution is 2.28. The molecule has 5 rings (SSSR count). The summed E-state index contributed by atoms with van der Waals surface area (Å²) >= 11 is 0. The molecular formula is C25H20N4O4. The summed E-state index contributed by atoms with van der Waals surface area (Å²) in [5, 5.41) is 8.90. The highest BCUT2D eigenvalue weighted by atomic mass is 16.5. The number of ether oxygens (including phenoxy) is 1. The number of nitrogens with one attached hydrogen (secondary N) is 1. The monoisotopic (exact) mass is 440 g/mol. The quantitative estimate of drug-likeness (QED) is 0.416. The van der Waals surface area contributed by atoms with Gasteiger partial charge in [0.1, 0.15) is 28.2 Å². The van der Waals surface area contributed by atoms with Crippen LogP contribution >= 0.6 is 0 Å². The van der Waals surface area contributed by atoms with Gasteiger partial charge in [0.05, 0.1) is 12.8 Å². The minimum absolute atomic E-state index is 0.0941. The van der Waals surface area contributed by atoms with Crippen LogP contribution in [-0.2, 0) is 0 Å². The Bertz CT molecular complexity index is 1600. The second-order valence-electron chi connectivity index (χ2n) is 7.68. The molecule has 0 saturated carbocycles. The molecule has 8 nitrogen and oxygen atoms in total. The van der Waals surface area contributed by atoms with Crippen LogP contribution in [0, 0.1) is 13.8 Å². The molecule has 3 heterocycles. The number of methoxy groups -OCH3 is 1. The Morgan fingerprint density at radius 1 is 1.06 bits per heavy atom. The van der Waals surface area contributed by atoms with Crippen molar-refractivity contribution in [2.45, 2.75) is 13.8 Å². The molecule has 0 spiro atoms. The third-order valence-electron chi connectivity index (χ3n) is 5.39. The van der Waals surface area contributed by atoms with Crippen LogP contribution in [0.2, 0.25) is 0 Å². The van der Waals surface area contributed by atoms with Gasteiger partial charge in [-0.3, -0.25) is 4.79 Å². The Kier molecular flexibility index (Phi) is 4.90. The van der Waals surface area contributed by atoms with Gasteiger partial charge in [-0.2, -0.15) is 9.78 Å². The first-order chi connectivity index (χ1) is 15.9. The van der Waals surface area contributed by atoms with E-state index in [1.807, 2.05) is 44.2 Å². The summed E-state index contributed by atoms with van der Waals surface area (Å²) in [5.41, 5.74) is 1.96. The molecule has 1 amide bonds. The van der Waals surface area contributed by atoms with Crippen molar-refractivity contribution >= 4 is 33.6 Å². The summed E-state index contributed by atoms with van der Waals surface area (Å²) in [6.45, 7) is 3.78. The van der Waals surface area contributed by atoms with E-state index in [1.165, 1.54) is 10.7 Å². The van der Waals surface area contributed by atoms with Crippen molar-refractivity contribution in [1.29, 1.82) is 0 Å². The van der Waals surface area contributed by atoms with E-state index in [-0.39, 0.29) is 5.56 Å². The second kappa shape index (κ2) is 7.90. The first-order valence-electron chi connectivity index (χ1n) is 10.3. The van der Waals surface area contributed by atoms with Gasteiger partial charge in [0, 0.05) is 16.8 Å². The van der Waals surface area contributed by atoms with Crippen molar-refractivity contribution < 1.29 is 13.9 Å². The predicted octanol–water partition coefficient (Wildman–Crippen LogP) is 4.40. The number of aryl methyl sites for hydroxylation is 2. The lowest BCUT2D eigenvalue weighted by atomic mass is 10.1. The number of pyridine rings is 1. The van der Waals surface area contributed by atoms with Gasteiger partial charge in [0.2, 0.25) is 0 Å². The summed E-state index contributed by atoms with van der Waals surface area (Å²) in [4.78, 5) is 30.1. The van der Waals surface area contributed by atoms with Crippen molar-refractivity contribution in [1.82, 2.24) is 14.8 Å². The number of anilines is 1. The second-order valence-corrected chi connectivity index (χ2v) is 7.68. The molecule has 0 aliphatic rings. The Morgan fingerprint density at radius 2 is 1.88 bits per heavy atom. The lowest BCUT2D eigenvalue weighted by Crippen LogP contribution is -2.22. The fourth-order valence-corrected chi connectivity index (χ4v) is 3.81. The third kappa shape index (κ3) is 3.61. The molecule has 0 unspecified atom stereocenters. The number of benzene rings is 2. The van der Waals surface area contributed by atoms with Crippen LogP contribution in [-0.4, -0.2) is 27.8 Å². The first kappa shape index (κ1) is 20.4. The van der Waals surface area contributed by atoms with Crippen LogP contribution in [0.3, 0.4) is 0 Å². The molecule has 2 aromatic carbocycles. The lowest BCUT2D eigenvalue weighted by Gasteiger charge is -2.12. The maximum atomic E-state index is 13.0. The number of hydrogen-bond acceptors (Lipinski definition) is 6. The van der Waals surface area contributed by atoms with Crippen molar-refractivity contribution in [3.63, 3.8) is 0 Å². The summed E-state index contributed by atoms with van der Waals surface area (Å²) in [5.74, 6) is 0.941. The Balaban J connectivity index is 1.57. The van der Waals surface area contributed by atoms with Crippen LogP contribution < -0.4 is 15.7 Å². The zero-order chi connectivity index (χ0) is 23.1. The SMILES string of the molecule is COc1cccc2c(C)cc(-n3nc(C)cc3NC(=O)c3cc4ccccc4oc3=O)nc12. The van der Waals surface area contributed by atoms with Crippen LogP contribution in [0.25, 0.3) is 27.7 Å². The minimum Gasteiger partial charge on any atom is -0.494 e. The van der Waals surface area contributed by atoms with E-state index >= 15 is 0 Å². The number of carbonyl (C=O) groups excluding carboxylic acids is 1. The van der Waals surface area contributed by atoms with Crippen molar-refractivity contribution in [2.24, 2.45) is 0 Å². The van der Waals surface area contributed by atoms with E-state index in [9.17, 15) is 9.59 Å². The topological polar surface area (TPSA) is 99.2 Å². The lowest BCUT2D eigenvalue weighted by molar-refractivity contribution is 0.102. The number of para-hydroxylation sites is 2. The van der Waals surface area contributed by atoms with E-state index < -0.39 is 11.5 Å². The average Bonchev–Trinajstić information content (AvgIpc) is 3.18. The number of nitrogens with zero attached hydrogens (tertiary/aromatic N) is 3. The Morgan fingerprint density at radius 3 is 2.70 bits per heavy atom. The summed E-state index contributed by atoms with van der Waals surface area (Å²) in [6.07, 6.45) is 0. The van der Waals surface area contributed by atoms with Crippen LogP contribution in [0.1, 0.15) is 21.6 Å². The molecule has 3 aromatic heterocycles. The van der Waals surface area contributed by atoms with Gasteiger partial charge in [-0.1, -0.05) is 30.3 Å². The molecule has 0 bridgehead atoms. The fraction of sp³-hybridized carbons (Fsp3) is 0.120. The maximum absolute atomic E-state index is 13.0. The number of amides is 1. The summed E-state index contributed by atoms with van der Waals surface area (Å²) in [7, 11) is 1.59. The summed E-state index contributed by atoms with van der Waals surface area (Å²) < 4.78 is 12.3. The van der Waals surface area contributed by atoms with Gasteiger partial charge in [-0.25, -0.2) is 9.78 Å². The molecule has 33 heavy (non-hydrogen) atoms. The standard InChI is InChI=1S/C25H20N4O4/c1-14-11-21(26-23-17(14)8-6-10-20(23)32-3)29-22(12-15(2)28-29)27-24(30)18-13-16-7-4-5-9-19(16)33-25(18)31/h4-13H,1-3H3,(H,27,30). The van der Waals surface area contributed by atoms with Crippen LogP contribution in [0.15, 0.2) is 69.9 Å². The zero-order valence-corrected chi connectivity index (χ0v) is 18.2.